The molecular formula is C24H48O14. The largest absolute Gasteiger partial charge is 0.394 e. The van der Waals surface area contributed by atoms with E-state index in [4.69, 9.17) is 43.7 Å². The lowest BCUT2D eigenvalue weighted by Gasteiger charge is -2.23. The maximum atomic E-state index is 10.3. The smallest absolute Gasteiger partial charge is 0.119 e. The minimum atomic E-state index is -1.09. The summed E-state index contributed by atoms with van der Waals surface area (Å²) in [6, 6.07) is 0. The van der Waals surface area contributed by atoms with Gasteiger partial charge < -0.3 is 69.0 Å². The van der Waals surface area contributed by atoms with E-state index in [1.807, 2.05) is 0 Å². The second-order valence-electron chi connectivity index (χ2n) is 8.78. The van der Waals surface area contributed by atoms with Crippen molar-refractivity contribution in [3.05, 3.63) is 0 Å². The number of hydrogen-bond donors (Lipinski definition) is 7. The van der Waals surface area contributed by atoms with Crippen LogP contribution in [0, 0.1) is 0 Å². The van der Waals surface area contributed by atoms with E-state index >= 15 is 0 Å². The Bertz CT molecular complexity index is 515. The number of aldehydes is 1. The molecule has 0 heterocycles. The number of carbonyl (C=O) groups is 1. The molecule has 0 aliphatic rings. The van der Waals surface area contributed by atoms with Gasteiger partial charge in [-0.25, -0.2) is 0 Å². The lowest BCUT2D eigenvalue weighted by Crippen LogP contribution is -2.35. The molecule has 38 heavy (non-hydrogen) atoms. The Morgan fingerprint density at radius 2 is 0.921 bits per heavy atom. The second-order valence-corrected chi connectivity index (χ2v) is 8.78. The summed E-state index contributed by atoms with van der Waals surface area (Å²) in [5.41, 5.74) is 0. The number of rotatable bonds is 29. The molecule has 6 atom stereocenters. The third kappa shape index (κ3) is 23.1. The molecule has 0 rings (SSSR count). The maximum absolute atomic E-state index is 10.3. The van der Waals surface area contributed by atoms with Crippen LogP contribution in [-0.2, 0) is 33.2 Å². The molecule has 0 aliphatic heterocycles. The van der Waals surface area contributed by atoms with Gasteiger partial charge in [-0.3, -0.25) is 0 Å². The van der Waals surface area contributed by atoms with Gasteiger partial charge in [-0.1, -0.05) is 6.42 Å². The van der Waals surface area contributed by atoms with Crippen LogP contribution in [0.2, 0.25) is 0 Å². The van der Waals surface area contributed by atoms with Gasteiger partial charge in [0, 0.05) is 13.0 Å². The molecule has 0 amide bonds. The van der Waals surface area contributed by atoms with Crippen LogP contribution < -0.4 is 0 Å². The van der Waals surface area contributed by atoms with Crippen molar-refractivity contribution in [3.63, 3.8) is 0 Å². The van der Waals surface area contributed by atoms with Crippen LogP contribution in [0.25, 0.3) is 0 Å². The molecular weight excluding hydrogens is 512 g/mol. The zero-order chi connectivity index (χ0) is 28.4. The molecule has 0 aliphatic carbocycles. The molecule has 0 radical (unpaired) electrons. The standard InChI is InChI=1S/C24H48O14/c25-5-3-1-2-4-6-33-11-22(32)12-35-16-24(38-14-21(31)9-28)18-36-17-23(37-13-20(30)8-27)15-34-10-19(29)7-26/h5,19-24,26-32H,1-4,6-18H2. The predicted molar refractivity (Wildman–Crippen MR) is 133 cm³/mol. The highest BCUT2D eigenvalue weighted by Crippen LogP contribution is 2.04. The quantitative estimate of drug-likeness (QED) is 0.0359. The van der Waals surface area contributed by atoms with E-state index in [-0.39, 0.29) is 59.5 Å². The first-order chi connectivity index (χ1) is 18.4. The average molecular weight is 561 g/mol. The fourth-order valence-corrected chi connectivity index (χ4v) is 2.82. The number of hydrogen-bond acceptors (Lipinski definition) is 14. The van der Waals surface area contributed by atoms with Crippen molar-refractivity contribution in [1.29, 1.82) is 0 Å². The van der Waals surface area contributed by atoms with E-state index in [0.29, 0.717) is 13.0 Å². The fourth-order valence-electron chi connectivity index (χ4n) is 2.82. The van der Waals surface area contributed by atoms with Gasteiger partial charge in [-0.2, -0.15) is 0 Å². The molecule has 0 fully saturated rings. The first kappa shape index (κ1) is 37.1. The normalized spacial score (nSPS) is 16.6. The van der Waals surface area contributed by atoms with Crippen LogP contribution in [0.5, 0.6) is 0 Å². The van der Waals surface area contributed by atoms with Crippen LogP contribution in [0.15, 0.2) is 0 Å². The summed E-state index contributed by atoms with van der Waals surface area (Å²) in [5, 5.41) is 65.4. The van der Waals surface area contributed by atoms with Gasteiger partial charge in [0.1, 0.15) is 42.9 Å². The number of aliphatic hydroxyl groups is 7. The first-order valence-corrected chi connectivity index (χ1v) is 12.9. The summed E-state index contributed by atoms with van der Waals surface area (Å²) in [6.07, 6.45) is -1.56. The summed E-state index contributed by atoms with van der Waals surface area (Å²) in [7, 11) is 0. The van der Waals surface area contributed by atoms with Crippen LogP contribution in [-0.4, -0.2) is 165 Å². The van der Waals surface area contributed by atoms with Gasteiger partial charge in [0.2, 0.25) is 0 Å². The topological polar surface area (TPSA) is 214 Å². The molecule has 228 valence electrons. The van der Waals surface area contributed by atoms with Gasteiger partial charge in [0.25, 0.3) is 0 Å². The molecule has 0 bridgehead atoms. The molecule has 14 heteroatoms. The SMILES string of the molecule is O=CCCCCCOCC(O)COCC(COCC(COCC(O)CO)OCC(O)CO)OCC(O)CO. The predicted octanol–water partition coefficient (Wildman–Crippen LogP) is -3.00. The average Bonchev–Trinajstić information content (AvgIpc) is 2.92. The summed E-state index contributed by atoms with van der Waals surface area (Å²) < 4.78 is 32.8. The Labute approximate surface area is 224 Å². The molecule has 0 spiro atoms. The first-order valence-electron chi connectivity index (χ1n) is 12.9. The molecule has 0 aromatic rings. The highest BCUT2D eigenvalue weighted by Gasteiger charge is 2.18. The van der Waals surface area contributed by atoms with Gasteiger partial charge in [0.15, 0.2) is 0 Å². The van der Waals surface area contributed by atoms with Crippen molar-refractivity contribution in [1.82, 2.24) is 0 Å². The van der Waals surface area contributed by atoms with Crippen LogP contribution in [0.4, 0.5) is 0 Å². The minimum absolute atomic E-state index is 0.00674. The van der Waals surface area contributed by atoms with E-state index < -0.39 is 56.4 Å². The fraction of sp³-hybridized carbons (Fsp3) is 0.958. The monoisotopic (exact) mass is 560 g/mol. The molecule has 0 aromatic carbocycles. The maximum Gasteiger partial charge on any atom is 0.119 e. The van der Waals surface area contributed by atoms with Crippen molar-refractivity contribution in [2.45, 2.75) is 62.3 Å². The van der Waals surface area contributed by atoms with Crippen molar-refractivity contribution in [2.24, 2.45) is 0 Å². The highest BCUT2D eigenvalue weighted by atomic mass is 16.6. The molecule has 0 aromatic heterocycles. The third-order valence-electron chi connectivity index (χ3n) is 4.94. The summed E-state index contributed by atoms with van der Waals surface area (Å²) in [5.74, 6) is 0. The van der Waals surface area contributed by atoms with E-state index in [1.54, 1.807) is 0 Å². The van der Waals surface area contributed by atoms with E-state index in [9.17, 15) is 25.2 Å². The van der Waals surface area contributed by atoms with Gasteiger partial charge >= 0.3 is 0 Å². The van der Waals surface area contributed by atoms with Crippen molar-refractivity contribution in [2.75, 3.05) is 85.9 Å². The zero-order valence-corrected chi connectivity index (χ0v) is 22.1. The van der Waals surface area contributed by atoms with Crippen molar-refractivity contribution >= 4 is 6.29 Å². The van der Waals surface area contributed by atoms with E-state index in [0.717, 1.165) is 25.5 Å². The van der Waals surface area contributed by atoms with Crippen molar-refractivity contribution < 1.29 is 69.0 Å². The van der Waals surface area contributed by atoms with Gasteiger partial charge in [-0.15, -0.1) is 0 Å². The van der Waals surface area contributed by atoms with E-state index in [2.05, 4.69) is 0 Å². The van der Waals surface area contributed by atoms with Crippen LogP contribution >= 0.6 is 0 Å². The van der Waals surface area contributed by atoms with Gasteiger partial charge in [0.05, 0.1) is 79.3 Å². The lowest BCUT2D eigenvalue weighted by atomic mass is 10.2. The number of ether oxygens (including phenoxy) is 6. The number of unbranched alkanes of at least 4 members (excludes halogenated alkanes) is 3. The van der Waals surface area contributed by atoms with Crippen LogP contribution in [0.1, 0.15) is 25.7 Å². The minimum Gasteiger partial charge on any atom is -0.394 e. The molecule has 6 unspecified atom stereocenters. The summed E-state index contributed by atoms with van der Waals surface area (Å²) >= 11 is 0. The molecule has 14 nitrogen and oxygen atoms in total. The lowest BCUT2D eigenvalue weighted by molar-refractivity contribution is -0.124. The van der Waals surface area contributed by atoms with E-state index in [1.165, 1.54) is 0 Å². The third-order valence-corrected chi connectivity index (χ3v) is 4.94. The van der Waals surface area contributed by atoms with Crippen LogP contribution in [0.3, 0.4) is 0 Å². The Balaban J connectivity index is 4.50. The molecule has 7 N–H and O–H groups in total. The zero-order valence-electron chi connectivity index (χ0n) is 22.1. The Morgan fingerprint density at radius 1 is 0.500 bits per heavy atom. The number of carbonyl (C=O) groups excluding carboxylic acids is 1. The Kier molecular flexibility index (Phi) is 25.8. The van der Waals surface area contributed by atoms with Gasteiger partial charge in [-0.05, 0) is 12.8 Å². The highest BCUT2D eigenvalue weighted by molar-refractivity contribution is 5.48. The molecule has 0 saturated carbocycles. The van der Waals surface area contributed by atoms with Crippen molar-refractivity contribution in [3.8, 4) is 0 Å². The number of aliphatic hydroxyl groups excluding tert-OH is 7. The second kappa shape index (κ2) is 26.4. The summed E-state index contributed by atoms with van der Waals surface area (Å²) in [4.78, 5) is 10.3. The summed E-state index contributed by atoms with van der Waals surface area (Å²) in [6.45, 7) is -1.44. The Morgan fingerprint density at radius 3 is 1.39 bits per heavy atom. The molecule has 0 saturated heterocycles. The Hall–Kier alpha value is -0.850.